The van der Waals surface area contributed by atoms with Crippen LogP contribution >= 0.6 is 0 Å². The van der Waals surface area contributed by atoms with Crippen LogP contribution in [0.15, 0.2) is 17.1 Å². The van der Waals surface area contributed by atoms with Crippen molar-refractivity contribution in [3.8, 4) is 5.75 Å². The zero-order valence-corrected chi connectivity index (χ0v) is 12.5. The van der Waals surface area contributed by atoms with Gasteiger partial charge in [-0.25, -0.2) is 4.39 Å². The predicted octanol–water partition coefficient (Wildman–Crippen LogP) is 1.81. The standard InChI is InChI=1S/C15H22FN3O2/c1-3-17-15(18-4-2)19-6-5-11-7-13(16)8-12-9-20-10-21-14(11)12/h7-8H,3-6,9-10H2,1-2H3,(H2,17,18,19). The molecule has 1 heterocycles. The zero-order chi connectivity index (χ0) is 15.1. The molecular weight excluding hydrogens is 273 g/mol. The maximum absolute atomic E-state index is 13.6. The number of hydrogen-bond acceptors (Lipinski definition) is 3. The van der Waals surface area contributed by atoms with E-state index in [1.807, 2.05) is 13.8 Å². The largest absolute Gasteiger partial charge is 0.467 e. The second-order valence-electron chi connectivity index (χ2n) is 4.70. The molecule has 0 fully saturated rings. The number of hydrogen-bond donors (Lipinski definition) is 2. The van der Waals surface area contributed by atoms with Crippen molar-refractivity contribution in [3.63, 3.8) is 0 Å². The van der Waals surface area contributed by atoms with E-state index in [0.29, 0.717) is 19.6 Å². The van der Waals surface area contributed by atoms with Gasteiger partial charge in [-0.05, 0) is 38.0 Å². The van der Waals surface area contributed by atoms with E-state index >= 15 is 0 Å². The van der Waals surface area contributed by atoms with Gasteiger partial charge >= 0.3 is 0 Å². The SMILES string of the molecule is CCNC(=NCCc1cc(F)cc2c1OCOC2)NCC. The molecule has 0 saturated carbocycles. The van der Waals surface area contributed by atoms with Gasteiger partial charge in [0.15, 0.2) is 12.8 Å². The van der Waals surface area contributed by atoms with Gasteiger partial charge in [0, 0.05) is 25.2 Å². The van der Waals surface area contributed by atoms with Crippen molar-refractivity contribution in [2.75, 3.05) is 26.4 Å². The monoisotopic (exact) mass is 295 g/mol. The van der Waals surface area contributed by atoms with Crippen LogP contribution in [0.5, 0.6) is 5.75 Å². The lowest BCUT2D eigenvalue weighted by Crippen LogP contribution is -2.37. The molecule has 2 rings (SSSR count). The molecule has 0 amide bonds. The molecular formula is C15H22FN3O2. The number of nitrogens with zero attached hydrogens (tertiary/aromatic N) is 1. The maximum Gasteiger partial charge on any atom is 0.191 e. The molecule has 0 radical (unpaired) electrons. The van der Waals surface area contributed by atoms with Crippen LogP contribution in [0.4, 0.5) is 4.39 Å². The Bertz CT molecular complexity index is 498. The summed E-state index contributed by atoms with van der Waals surface area (Å²) in [6, 6.07) is 2.98. The lowest BCUT2D eigenvalue weighted by atomic mass is 10.1. The Labute approximate surface area is 124 Å². The van der Waals surface area contributed by atoms with Gasteiger partial charge in [0.25, 0.3) is 0 Å². The van der Waals surface area contributed by atoms with Crippen molar-refractivity contribution in [2.24, 2.45) is 4.99 Å². The van der Waals surface area contributed by atoms with Gasteiger partial charge < -0.3 is 20.1 Å². The smallest absolute Gasteiger partial charge is 0.191 e. The second kappa shape index (κ2) is 7.83. The Hall–Kier alpha value is -1.82. The number of fused-ring (bicyclic) bond motifs is 1. The van der Waals surface area contributed by atoms with Crippen molar-refractivity contribution < 1.29 is 13.9 Å². The van der Waals surface area contributed by atoms with E-state index in [1.165, 1.54) is 12.1 Å². The molecule has 2 N–H and O–H groups in total. The van der Waals surface area contributed by atoms with Gasteiger partial charge in [0.1, 0.15) is 11.6 Å². The molecule has 1 aliphatic heterocycles. The van der Waals surface area contributed by atoms with Crippen LogP contribution in [0.3, 0.4) is 0 Å². The number of ether oxygens (including phenoxy) is 2. The first-order valence-electron chi connectivity index (χ1n) is 7.28. The van der Waals surface area contributed by atoms with Crippen LogP contribution in [0.1, 0.15) is 25.0 Å². The minimum atomic E-state index is -0.264. The highest BCUT2D eigenvalue weighted by Gasteiger charge is 2.16. The zero-order valence-electron chi connectivity index (χ0n) is 12.5. The third-order valence-corrected chi connectivity index (χ3v) is 3.09. The first kappa shape index (κ1) is 15.6. The molecule has 0 aliphatic carbocycles. The van der Waals surface area contributed by atoms with E-state index in [2.05, 4.69) is 15.6 Å². The van der Waals surface area contributed by atoms with E-state index in [0.717, 1.165) is 35.9 Å². The molecule has 5 nitrogen and oxygen atoms in total. The van der Waals surface area contributed by atoms with Crippen LogP contribution in [0, 0.1) is 5.82 Å². The highest BCUT2D eigenvalue weighted by atomic mass is 19.1. The summed E-state index contributed by atoms with van der Waals surface area (Å²) in [5.41, 5.74) is 1.60. The quantitative estimate of drug-likeness (QED) is 0.642. The normalized spacial score (nSPS) is 13.1. The van der Waals surface area contributed by atoms with Gasteiger partial charge in [-0.1, -0.05) is 0 Å². The van der Waals surface area contributed by atoms with Crippen molar-refractivity contribution in [3.05, 3.63) is 29.1 Å². The van der Waals surface area contributed by atoms with Crippen molar-refractivity contribution in [1.82, 2.24) is 10.6 Å². The van der Waals surface area contributed by atoms with Gasteiger partial charge in [-0.2, -0.15) is 0 Å². The fourth-order valence-electron chi connectivity index (χ4n) is 2.24. The van der Waals surface area contributed by atoms with E-state index in [1.54, 1.807) is 0 Å². The summed E-state index contributed by atoms with van der Waals surface area (Å²) < 4.78 is 24.3. The second-order valence-corrected chi connectivity index (χ2v) is 4.70. The first-order chi connectivity index (χ1) is 10.2. The van der Waals surface area contributed by atoms with E-state index < -0.39 is 0 Å². The van der Waals surface area contributed by atoms with Crippen LogP contribution < -0.4 is 15.4 Å². The molecule has 116 valence electrons. The molecule has 0 saturated heterocycles. The number of benzene rings is 1. The maximum atomic E-state index is 13.6. The summed E-state index contributed by atoms with van der Waals surface area (Å²) in [6.07, 6.45) is 0.625. The number of rotatable bonds is 5. The van der Waals surface area contributed by atoms with Gasteiger partial charge in [-0.15, -0.1) is 0 Å². The summed E-state index contributed by atoms with van der Waals surface area (Å²) >= 11 is 0. The van der Waals surface area contributed by atoms with Crippen LogP contribution in [0.2, 0.25) is 0 Å². The molecule has 1 aromatic carbocycles. The lowest BCUT2D eigenvalue weighted by molar-refractivity contribution is -0.0172. The summed E-state index contributed by atoms with van der Waals surface area (Å²) in [7, 11) is 0. The average Bonchev–Trinajstić information content (AvgIpc) is 2.47. The molecule has 0 bridgehead atoms. The number of guanidine groups is 1. The van der Waals surface area contributed by atoms with E-state index in [9.17, 15) is 4.39 Å². The highest BCUT2D eigenvalue weighted by molar-refractivity contribution is 5.79. The fourth-order valence-corrected chi connectivity index (χ4v) is 2.24. The Kier molecular flexibility index (Phi) is 5.80. The van der Waals surface area contributed by atoms with Crippen molar-refractivity contribution >= 4 is 5.96 Å². The van der Waals surface area contributed by atoms with Gasteiger partial charge in [0.2, 0.25) is 0 Å². The molecule has 1 aliphatic rings. The van der Waals surface area contributed by atoms with Crippen molar-refractivity contribution in [1.29, 1.82) is 0 Å². The molecule has 0 atom stereocenters. The first-order valence-corrected chi connectivity index (χ1v) is 7.28. The number of nitrogens with one attached hydrogen (secondary N) is 2. The Morgan fingerprint density at radius 3 is 2.76 bits per heavy atom. The summed E-state index contributed by atoms with van der Waals surface area (Å²) in [4.78, 5) is 4.46. The highest BCUT2D eigenvalue weighted by Crippen LogP contribution is 2.29. The van der Waals surface area contributed by atoms with Crippen LogP contribution in [-0.2, 0) is 17.8 Å². The van der Waals surface area contributed by atoms with Crippen LogP contribution in [-0.4, -0.2) is 32.4 Å². The molecule has 0 aromatic heterocycles. The third kappa shape index (κ3) is 4.32. The van der Waals surface area contributed by atoms with Crippen molar-refractivity contribution in [2.45, 2.75) is 26.9 Å². The van der Waals surface area contributed by atoms with Crippen LogP contribution in [0.25, 0.3) is 0 Å². The summed E-state index contributed by atoms with van der Waals surface area (Å²) in [5, 5.41) is 6.31. The average molecular weight is 295 g/mol. The third-order valence-electron chi connectivity index (χ3n) is 3.09. The minimum absolute atomic E-state index is 0.217. The topological polar surface area (TPSA) is 54.9 Å². The summed E-state index contributed by atoms with van der Waals surface area (Å²) in [5.74, 6) is 1.25. The molecule has 6 heteroatoms. The molecule has 1 aromatic rings. The number of aliphatic imine (C=N–C) groups is 1. The Balaban J connectivity index is 2.05. The van der Waals surface area contributed by atoms with E-state index in [-0.39, 0.29) is 12.6 Å². The Morgan fingerprint density at radius 1 is 1.29 bits per heavy atom. The Morgan fingerprint density at radius 2 is 2.05 bits per heavy atom. The van der Waals surface area contributed by atoms with E-state index in [4.69, 9.17) is 9.47 Å². The molecule has 0 spiro atoms. The summed E-state index contributed by atoms with van der Waals surface area (Å²) in [6.45, 7) is 6.82. The minimum Gasteiger partial charge on any atom is -0.467 e. The van der Waals surface area contributed by atoms with Gasteiger partial charge in [-0.3, -0.25) is 4.99 Å². The molecule has 21 heavy (non-hydrogen) atoms. The number of halogens is 1. The molecule has 0 unspecified atom stereocenters. The lowest BCUT2D eigenvalue weighted by Gasteiger charge is -2.20. The van der Waals surface area contributed by atoms with Gasteiger partial charge in [0.05, 0.1) is 6.61 Å². The fraction of sp³-hybridized carbons (Fsp3) is 0.533. The predicted molar refractivity (Wildman–Crippen MR) is 80.0 cm³/mol.